The van der Waals surface area contributed by atoms with Gasteiger partial charge in [-0.2, -0.15) is 5.10 Å². The third-order valence-electron chi connectivity index (χ3n) is 3.77. The molecule has 1 aliphatic heterocycles. The lowest BCUT2D eigenvalue weighted by Gasteiger charge is -2.24. The number of amides is 1. The summed E-state index contributed by atoms with van der Waals surface area (Å²) in [7, 11) is 0. The van der Waals surface area contributed by atoms with Crippen molar-refractivity contribution in [3.8, 4) is 0 Å². The molecule has 0 radical (unpaired) electrons. The third kappa shape index (κ3) is 4.58. The molecule has 6 heteroatoms. The fraction of sp³-hybridized carbons (Fsp3) is 0.600. The zero-order valence-corrected chi connectivity index (χ0v) is 13.3. The van der Waals surface area contributed by atoms with Crippen molar-refractivity contribution in [1.29, 1.82) is 0 Å². The molecule has 1 aromatic rings. The molecule has 2 rings (SSSR count). The molecule has 1 atom stereocenters. The van der Waals surface area contributed by atoms with Crippen LogP contribution in [0.15, 0.2) is 25.0 Å². The highest BCUT2D eigenvalue weighted by molar-refractivity contribution is 6.30. The molecule has 0 bridgehead atoms. The van der Waals surface area contributed by atoms with Crippen molar-refractivity contribution in [3.05, 3.63) is 30.1 Å². The van der Waals surface area contributed by atoms with Gasteiger partial charge in [-0.1, -0.05) is 24.6 Å². The highest BCUT2D eigenvalue weighted by atomic mass is 35.5. The maximum absolute atomic E-state index is 12.5. The lowest BCUT2D eigenvalue weighted by atomic mass is 10.1. The molecule has 1 aromatic heterocycles. The molecule has 2 heterocycles. The molecule has 1 amide bonds. The normalized spacial score (nSPS) is 18.3. The first-order valence-electron chi connectivity index (χ1n) is 7.40. The number of halogens is 1. The lowest BCUT2D eigenvalue weighted by Crippen LogP contribution is -2.39. The van der Waals surface area contributed by atoms with E-state index in [-0.39, 0.29) is 11.8 Å². The number of aromatic nitrogens is 2. The highest BCUT2D eigenvalue weighted by Crippen LogP contribution is 2.12. The van der Waals surface area contributed by atoms with E-state index in [1.807, 2.05) is 17.9 Å². The fourth-order valence-electron chi connectivity index (χ4n) is 2.66. The number of nitrogens with zero attached hydrogens (tertiary/aromatic N) is 4. The smallest absolute Gasteiger partial charge is 0.227 e. The van der Waals surface area contributed by atoms with Gasteiger partial charge in [-0.15, -0.1) is 6.58 Å². The Hall–Kier alpha value is -1.33. The Morgan fingerprint density at radius 2 is 2.29 bits per heavy atom. The van der Waals surface area contributed by atoms with Gasteiger partial charge in [0.2, 0.25) is 5.91 Å². The van der Waals surface area contributed by atoms with Crippen LogP contribution in [-0.4, -0.2) is 58.2 Å². The molecule has 1 fully saturated rings. The van der Waals surface area contributed by atoms with Gasteiger partial charge in [0, 0.05) is 38.9 Å². The summed E-state index contributed by atoms with van der Waals surface area (Å²) in [5.74, 6) is 0.106. The molecule has 116 valence electrons. The number of rotatable bonds is 5. The van der Waals surface area contributed by atoms with E-state index in [4.69, 9.17) is 11.6 Å². The molecular formula is C15H23ClN4O. The van der Waals surface area contributed by atoms with E-state index in [9.17, 15) is 4.79 Å². The molecule has 0 saturated carbocycles. The van der Waals surface area contributed by atoms with Crippen LogP contribution in [-0.2, 0) is 11.3 Å². The van der Waals surface area contributed by atoms with Crippen molar-refractivity contribution in [2.45, 2.75) is 19.9 Å². The SMILES string of the molecule is C=CCN1CCCN(C(=O)C(C)Cn2cc(Cl)cn2)CC1. The zero-order valence-electron chi connectivity index (χ0n) is 12.5. The van der Waals surface area contributed by atoms with Crippen molar-refractivity contribution in [1.82, 2.24) is 19.6 Å². The van der Waals surface area contributed by atoms with Crippen LogP contribution in [0.1, 0.15) is 13.3 Å². The van der Waals surface area contributed by atoms with Crippen LogP contribution in [0.25, 0.3) is 0 Å². The average molecular weight is 311 g/mol. The molecule has 21 heavy (non-hydrogen) atoms. The molecule has 5 nitrogen and oxygen atoms in total. The van der Waals surface area contributed by atoms with Crippen molar-refractivity contribution in [2.75, 3.05) is 32.7 Å². The summed E-state index contributed by atoms with van der Waals surface area (Å²) >= 11 is 5.85. The minimum Gasteiger partial charge on any atom is -0.341 e. The number of carbonyl (C=O) groups is 1. The third-order valence-corrected chi connectivity index (χ3v) is 3.97. The van der Waals surface area contributed by atoms with Gasteiger partial charge in [-0.05, 0) is 6.42 Å². The Bertz CT molecular complexity index is 488. The van der Waals surface area contributed by atoms with Crippen LogP contribution >= 0.6 is 11.6 Å². The zero-order chi connectivity index (χ0) is 15.2. The highest BCUT2D eigenvalue weighted by Gasteiger charge is 2.23. The lowest BCUT2D eigenvalue weighted by molar-refractivity contribution is -0.135. The Balaban J connectivity index is 1.88. The van der Waals surface area contributed by atoms with E-state index < -0.39 is 0 Å². The van der Waals surface area contributed by atoms with Gasteiger partial charge < -0.3 is 4.90 Å². The minimum atomic E-state index is -0.0908. The molecular weight excluding hydrogens is 288 g/mol. The second-order valence-electron chi connectivity index (χ2n) is 5.55. The number of carbonyl (C=O) groups excluding carboxylic acids is 1. The summed E-state index contributed by atoms with van der Waals surface area (Å²) in [6, 6.07) is 0. The van der Waals surface area contributed by atoms with Gasteiger partial charge in [0.15, 0.2) is 0 Å². The summed E-state index contributed by atoms with van der Waals surface area (Å²) in [6.45, 7) is 10.7. The van der Waals surface area contributed by atoms with E-state index in [1.54, 1.807) is 17.1 Å². The Labute approximate surface area is 131 Å². The standard InChI is InChI=1S/C15H23ClN4O/c1-3-5-18-6-4-7-19(9-8-18)15(21)13(2)11-20-12-14(16)10-17-20/h3,10,12-13H,1,4-9,11H2,2H3. The number of hydrogen-bond acceptors (Lipinski definition) is 3. The molecule has 0 aromatic carbocycles. The maximum Gasteiger partial charge on any atom is 0.227 e. The summed E-state index contributed by atoms with van der Waals surface area (Å²) in [4.78, 5) is 16.8. The van der Waals surface area contributed by atoms with Crippen molar-refractivity contribution < 1.29 is 4.79 Å². The van der Waals surface area contributed by atoms with Crippen molar-refractivity contribution >= 4 is 17.5 Å². The Morgan fingerprint density at radius 3 is 2.95 bits per heavy atom. The van der Waals surface area contributed by atoms with Crippen LogP contribution in [0.2, 0.25) is 5.02 Å². The molecule has 0 spiro atoms. The average Bonchev–Trinajstić information content (AvgIpc) is 2.73. The van der Waals surface area contributed by atoms with Crippen LogP contribution in [0.3, 0.4) is 0 Å². The van der Waals surface area contributed by atoms with Crippen LogP contribution in [0, 0.1) is 5.92 Å². The fourth-order valence-corrected chi connectivity index (χ4v) is 2.82. The van der Waals surface area contributed by atoms with Gasteiger partial charge in [-0.3, -0.25) is 14.4 Å². The summed E-state index contributed by atoms with van der Waals surface area (Å²) in [6.07, 6.45) is 6.28. The molecule has 1 unspecified atom stereocenters. The second-order valence-corrected chi connectivity index (χ2v) is 5.99. The van der Waals surface area contributed by atoms with Crippen LogP contribution in [0.4, 0.5) is 0 Å². The predicted octanol–water partition coefficient (Wildman–Crippen LogP) is 1.89. The maximum atomic E-state index is 12.5. The van der Waals surface area contributed by atoms with E-state index in [0.717, 1.165) is 39.1 Å². The summed E-state index contributed by atoms with van der Waals surface area (Å²) in [5, 5.41) is 4.73. The first-order chi connectivity index (χ1) is 10.1. The van der Waals surface area contributed by atoms with E-state index in [0.29, 0.717) is 11.6 Å². The summed E-state index contributed by atoms with van der Waals surface area (Å²) in [5.41, 5.74) is 0. The molecule has 1 saturated heterocycles. The van der Waals surface area contributed by atoms with Crippen LogP contribution < -0.4 is 0 Å². The van der Waals surface area contributed by atoms with Gasteiger partial charge >= 0.3 is 0 Å². The predicted molar refractivity (Wildman–Crippen MR) is 84.2 cm³/mol. The molecule has 0 aliphatic carbocycles. The van der Waals surface area contributed by atoms with Gasteiger partial charge in [0.05, 0.1) is 23.7 Å². The molecule has 1 aliphatic rings. The van der Waals surface area contributed by atoms with E-state index >= 15 is 0 Å². The topological polar surface area (TPSA) is 41.4 Å². The quantitative estimate of drug-likeness (QED) is 0.780. The Kier molecular flexibility index (Phi) is 5.82. The summed E-state index contributed by atoms with van der Waals surface area (Å²) < 4.78 is 1.73. The monoisotopic (exact) mass is 310 g/mol. The van der Waals surface area contributed by atoms with Crippen LogP contribution in [0.5, 0.6) is 0 Å². The minimum absolute atomic E-state index is 0.0908. The van der Waals surface area contributed by atoms with Crippen molar-refractivity contribution in [3.63, 3.8) is 0 Å². The van der Waals surface area contributed by atoms with Gasteiger partial charge in [0.1, 0.15) is 0 Å². The van der Waals surface area contributed by atoms with E-state index in [2.05, 4.69) is 16.6 Å². The first-order valence-corrected chi connectivity index (χ1v) is 7.78. The Morgan fingerprint density at radius 1 is 1.48 bits per heavy atom. The van der Waals surface area contributed by atoms with Gasteiger partial charge in [0.25, 0.3) is 0 Å². The first kappa shape index (κ1) is 16.0. The second kappa shape index (κ2) is 7.61. The van der Waals surface area contributed by atoms with E-state index in [1.165, 1.54) is 0 Å². The molecule has 0 N–H and O–H groups in total. The number of hydrogen-bond donors (Lipinski definition) is 0. The largest absolute Gasteiger partial charge is 0.341 e. The van der Waals surface area contributed by atoms with Gasteiger partial charge in [-0.25, -0.2) is 0 Å². The van der Waals surface area contributed by atoms with Crippen molar-refractivity contribution in [2.24, 2.45) is 5.92 Å².